The van der Waals surface area contributed by atoms with Crippen LogP contribution < -0.4 is 5.69 Å². The molecule has 0 fully saturated rings. The molecule has 2 N–H and O–H groups in total. The predicted octanol–water partition coefficient (Wildman–Crippen LogP) is 2.99. The fraction of sp³-hybridized carbons (Fsp3) is 0. The van der Waals surface area contributed by atoms with E-state index in [1.165, 1.54) is 18.2 Å². The van der Waals surface area contributed by atoms with Gasteiger partial charge in [-0.25, -0.2) is 9.18 Å². The Morgan fingerprint density at radius 1 is 1.10 bits per heavy atom. The van der Waals surface area contributed by atoms with E-state index < -0.39 is 5.82 Å². The number of ketones is 1. The molecule has 0 amide bonds. The van der Waals surface area contributed by atoms with Crippen LogP contribution in [0.4, 0.5) is 4.39 Å². The monoisotopic (exact) mass is 334 g/mol. The lowest BCUT2D eigenvalue weighted by Gasteiger charge is -2.04. The highest BCUT2D eigenvalue weighted by Crippen LogP contribution is 2.24. The first-order valence-corrected chi connectivity index (χ1v) is 6.56. The molecule has 6 heteroatoms. The summed E-state index contributed by atoms with van der Waals surface area (Å²) < 4.78 is 13.7. The summed E-state index contributed by atoms with van der Waals surface area (Å²) in [4.78, 5) is 28.8. The maximum atomic E-state index is 13.2. The second-order valence-corrected chi connectivity index (χ2v) is 5.15. The molecule has 100 valence electrons. The molecule has 2 aromatic carbocycles. The smallest absolute Gasteiger partial charge is 0.306 e. The summed E-state index contributed by atoms with van der Waals surface area (Å²) in [5.74, 6) is -0.788. The van der Waals surface area contributed by atoms with Crippen LogP contribution in [0.1, 0.15) is 15.9 Å². The lowest BCUT2D eigenvalue weighted by molar-refractivity contribution is 0.103. The van der Waals surface area contributed by atoms with Crippen LogP contribution in [-0.2, 0) is 0 Å². The first-order valence-electron chi connectivity index (χ1n) is 5.76. The largest absolute Gasteiger partial charge is 0.323 e. The quantitative estimate of drug-likeness (QED) is 0.707. The van der Waals surface area contributed by atoms with Crippen LogP contribution in [0.15, 0.2) is 45.7 Å². The molecule has 4 nitrogen and oxygen atoms in total. The minimum absolute atomic E-state index is 0.253. The van der Waals surface area contributed by atoms with Gasteiger partial charge in [-0.05, 0) is 40.2 Å². The number of nitrogens with one attached hydrogen (secondary N) is 2. The fourth-order valence-electron chi connectivity index (χ4n) is 2.02. The predicted molar refractivity (Wildman–Crippen MR) is 76.5 cm³/mol. The van der Waals surface area contributed by atoms with E-state index in [1.54, 1.807) is 18.2 Å². The molecular formula is C14H8BrFN2O2. The van der Waals surface area contributed by atoms with Crippen LogP contribution >= 0.6 is 15.9 Å². The minimum atomic E-state index is -0.469. The van der Waals surface area contributed by atoms with Gasteiger partial charge in [0.1, 0.15) is 5.82 Å². The van der Waals surface area contributed by atoms with Gasteiger partial charge >= 0.3 is 5.69 Å². The molecule has 0 atom stereocenters. The van der Waals surface area contributed by atoms with Gasteiger partial charge in [0.05, 0.1) is 11.0 Å². The molecule has 0 aliphatic rings. The Morgan fingerprint density at radius 3 is 2.50 bits per heavy atom. The summed E-state index contributed by atoms with van der Waals surface area (Å²) in [7, 11) is 0. The highest BCUT2D eigenvalue weighted by atomic mass is 79.9. The number of benzene rings is 2. The number of halogens is 2. The normalized spacial score (nSPS) is 10.9. The molecule has 0 bridgehead atoms. The molecule has 1 heterocycles. The Kier molecular flexibility index (Phi) is 3.02. The molecule has 0 saturated heterocycles. The number of hydrogen-bond acceptors (Lipinski definition) is 2. The van der Waals surface area contributed by atoms with Crippen molar-refractivity contribution in [2.24, 2.45) is 0 Å². The van der Waals surface area contributed by atoms with Crippen molar-refractivity contribution >= 4 is 32.7 Å². The van der Waals surface area contributed by atoms with Crippen LogP contribution in [-0.4, -0.2) is 15.8 Å². The molecule has 1 aromatic heterocycles. The van der Waals surface area contributed by atoms with Crippen molar-refractivity contribution in [3.05, 3.63) is 68.3 Å². The molecule has 0 saturated carbocycles. The number of rotatable bonds is 2. The Labute approximate surface area is 120 Å². The van der Waals surface area contributed by atoms with E-state index in [9.17, 15) is 14.0 Å². The van der Waals surface area contributed by atoms with Crippen LogP contribution in [0.3, 0.4) is 0 Å². The van der Waals surface area contributed by atoms with Gasteiger partial charge in [0.2, 0.25) is 0 Å². The zero-order valence-electron chi connectivity index (χ0n) is 10.0. The summed E-state index contributed by atoms with van der Waals surface area (Å²) in [6.07, 6.45) is 0. The van der Waals surface area contributed by atoms with Gasteiger partial charge in [0.15, 0.2) is 5.78 Å². The Balaban J connectivity index is 2.16. The van der Waals surface area contributed by atoms with Gasteiger partial charge in [-0.3, -0.25) is 4.79 Å². The number of aromatic nitrogens is 2. The van der Waals surface area contributed by atoms with Gasteiger partial charge < -0.3 is 9.97 Å². The van der Waals surface area contributed by atoms with Crippen molar-refractivity contribution in [2.75, 3.05) is 0 Å². The van der Waals surface area contributed by atoms with Crippen molar-refractivity contribution in [2.45, 2.75) is 0 Å². The Bertz CT molecular complexity index is 882. The summed E-state index contributed by atoms with van der Waals surface area (Å²) in [5, 5.41) is 0. The van der Waals surface area contributed by atoms with E-state index in [0.29, 0.717) is 21.1 Å². The molecule has 0 aliphatic carbocycles. The van der Waals surface area contributed by atoms with Gasteiger partial charge in [-0.15, -0.1) is 0 Å². The Morgan fingerprint density at radius 2 is 1.80 bits per heavy atom. The van der Waals surface area contributed by atoms with Gasteiger partial charge in [-0.2, -0.15) is 0 Å². The van der Waals surface area contributed by atoms with Gasteiger partial charge in [0.25, 0.3) is 0 Å². The van der Waals surface area contributed by atoms with E-state index in [1.807, 2.05) is 0 Å². The number of hydrogen-bond donors (Lipinski definition) is 2. The highest BCUT2D eigenvalue weighted by molar-refractivity contribution is 9.10. The maximum absolute atomic E-state index is 13.2. The van der Waals surface area contributed by atoms with Crippen molar-refractivity contribution in [3.8, 4) is 0 Å². The van der Waals surface area contributed by atoms with Gasteiger partial charge in [-0.1, -0.05) is 12.1 Å². The summed E-state index contributed by atoms with van der Waals surface area (Å²) in [6.45, 7) is 0. The third-order valence-corrected chi connectivity index (χ3v) is 3.59. The van der Waals surface area contributed by atoms with Crippen molar-refractivity contribution in [1.82, 2.24) is 9.97 Å². The van der Waals surface area contributed by atoms with E-state index in [-0.39, 0.29) is 17.0 Å². The van der Waals surface area contributed by atoms with E-state index >= 15 is 0 Å². The SMILES string of the molecule is O=C(c1cccc(F)c1)c1cc2[nH]c(=O)[nH]c2cc1Br. The van der Waals surface area contributed by atoms with Gasteiger partial charge in [0, 0.05) is 15.6 Å². The molecule has 0 radical (unpaired) electrons. The Hall–Kier alpha value is -2.21. The van der Waals surface area contributed by atoms with Crippen LogP contribution in [0.5, 0.6) is 0 Å². The molecular weight excluding hydrogens is 327 g/mol. The second kappa shape index (κ2) is 4.72. The zero-order chi connectivity index (χ0) is 14.3. The van der Waals surface area contributed by atoms with E-state index in [0.717, 1.165) is 0 Å². The van der Waals surface area contributed by atoms with Crippen LogP contribution in [0, 0.1) is 5.82 Å². The first kappa shape index (κ1) is 12.8. The molecule has 0 spiro atoms. The standard InChI is InChI=1S/C14H8BrFN2O2/c15-10-6-12-11(17-14(20)18-12)5-9(10)13(19)7-2-1-3-8(16)4-7/h1-6H,(H2,17,18,20). The summed E-state index contributed by atoms with van der Waals surface area (Å²) in [6, 6.07) is 8.68. The van der Waals surface area contributed by atoms with Crippen molar-refractivity contribution in [3.63, 3.8) is 0 Å². The molecule has 20 heavy (non-hydrogen) atoms. The average Bonchev–Trinajstić information content (AvgIpc) is 2.76. The lowest BCUT2D eigenvalue weighted by Crippen LogP contribution is -2.03. The van der Waals surface area contributed by atoms with Crippen molar-refractivity contribution < 1.29 is 9.18 Å². The number of carbonyl (C=O) groups excluding carboxylic acids is 1. The number of aromatic amines is 2. The molecule has 3 aromatic rings. The van der Waals surface area contributed by atoms with Crippen molar-refractivity contribution in [1.29, 1.82) is 0 Å². The number of H-pyrrole nitrogens is 2. The molecule has 3 rings (SSSR count). The first-order chi connectivity index (χ1) is 9.54. The third-order valence-electron chi connectivity index (χ3n) is 2.94. The number of imidazole rings is 1. The summed E-state index contributed by atoms with van der Waals surface area (Å²) >= 11 is 3.29. The lowest BCUT2D eigenvalue weighted by atomic mass is 10.0. The molecule has 0 aliphatic heterocycles. The zero-order valence-corrected chi connectivity index (χ0v) is 11.6. The van der Waals surface area contributed by atoms with Crippen LogP contribution in [0.2, 0.25) is 0 Å². The summed E-state index contributed by atoms with van der Waals surface area (Å²) in [5.41, 5.74) is 1.39. The van der Waals surface area contributed by atoms with Crippen LogP contribution in [0.25, 0.3) is 11.0 Å². The van der Waals surface area contributed by atoms with E-state index in [2.05, 4.69) is 25.9 Å². The fourth-order valence-corrected chi connectivity index (χ4v) is 2.54. The molecule has 0 unspecified atom stereocenters. The topological polar surface area (TPSA) is 65.7 Å². The third kappa shape index (κ3) is 2.18. The highest BCUT2D eigenvalue weighted by Gasteiger charge is 2.15. The van der Waals surface area contributed by atoms with E-state index in [4.69, 9.17) is 0 Å². The minimum Gasteiger partial charge on any atom is -0.306 e. The number of fused-ring (bicyclic) bond motifs is 1. The number of carbonyl (C=O) groups is 1. The second-order valence-electron chi connectivity index (χ2n) is 4.30. The maximum Gasteiger partial charge on any atom is 0.323 e. The average molecular weight is 335 g/mol.